The Morgan fingerprint density at radius 2 is 2.00 bits per heavy atom. The molecule has 0 bridgehead atoms. The SMILES string of the molecule is C=CCn1c(=O)oc(=O)c2cnc(-c3ccccc3)nc21. The Balaban J connectivity index is 2.34. The quantitative estimate of drug-likeness (QED) is 0.681. The Kier molecular flexibility index (Phi) is 3.19. The van der Waals surface area contributed by atoms with Gasteiger partial charge >= 0.3 is 11.4 Å². The van der Waals surface area contributed by atoms with Crippen molar-refractivity contribution in [3.05, 3.63) is 70.2 Å². The van der Waals surface area contributed by atoms with Crippen molar-refractivity contribution in [2.75, 3.05) is 0 Å². The van der Waals surface area contributed by atoms with Crippen LogP contribution in [0.4, 0.5) is 0 Å². The Bertz CT molecular complexity index is 926. The van der Waals surface area contributed by atoms with Crippen LogP contribution in [0.15, 0.2) is 63.2 Å². The van der Waals surface area contributed by atoms with Gasteiger partial charge in [0.2, 0.25) is 0 Å². The van der Waals surface area contributed by atoms with Crippen molar-refractivity contribution >= 4 is 11.0 Å². The first-order valence-corrected chi connectivity index (χ1v) is 6.27. The number of hydrogen-bond acceptors (Lipinski definition) is 5. The molecule has 0 atom stereocenters. The Morgan fingerprint density at radius 1 is 1.24 bits per heavy atom. The molecule has 0 saturated carbocycles. The van der Waals surface area contributed by atoms with Crippen LogP contribution in [-0.4, -0.2) is 14.5 Å². The average Bonchev–Trinajstić information content (AvgIpc) is 2.52. The number of rotatable bonds is 3. The van der Waals surface area contributed by atoms with Crippen molar-refractivity contribution in [3.8, 4) is 11.4 Å². The van der Waals surface area contributed by atoms with E-state index in [0.29, 0.717) is 5.82 Å². The fourth-order valence-corrected chi connectivity index (χ4v) is 2.01. The molecule has 0 N–H and O–H groups in total. The zero-order chi connectivity index (χ0) is 14.8. The highest BCUT2D eigenvalue weighted by molar-refractivity contribution is 5.74. The largest absolute Gasteiger partial charge is 0.423 e. The first kappa shape index (κ1) is 13.0. The normalized spacial score (nSPS) is 10.7. The summed E-state index contributed by atoms with van der Waals surface area (Å²) in [5, 5.41) is 0.163. The van der Waals surface area contributed by atoms with Gasteiger partial charge in [-0.25, -0.2) is 19.6 Å². The van der Waals surface area contributed by atoms with Gasteiger partial charge in [0, 0.05) is 18.3 Å². The van der Waals surface area contributed by atoms with E-state index in [-0.39, 0.29) is 17.6 Å². The van der Waals surface area contributed by atoms with E-state index >= 15 is 0 Å². The van der Waals surface area contributed by atoms with Crippen LogP contribution in [0.2, 0.25) is 0 Å². The van der Waals surface area contributed by atoms with E-state index in [4.69, 9.17) is 0 Å². The van der Waals surface area contributed by atoms with Gasteiger partial charge in [0.25, 0.3) is 0 Å². The molecule has 0 radical (unpaired) electrons. The summed E-state index contributed by atoms with van der Waals surface area (Å²) in [6.07, 6.45) is 2.90. The number of allylic oxidation sites excluding steroid dienone is 1. The van der Waals surface area contributed by atoms with E-state index in [1.54, 1.807) is 0 Å². The third-order valence-corrected chi connectivity index (χ3v) is 2.99. The van der Waals surface area contributed by atoms with Crippen molar-refractivity contribution in [2.24, 2.45) is 0 Å². The minimum Gasteiger partial charge on any atom is -0.372 e. The van der Waals surface area contributed by atoms with Gasteiger partial charge < -0.3 is 4.42 Å². The standard InChI is InChI=1S/C15H11N3O3/c1-2-8-18-13-11(14(19)21-15(18)20)9-16-12(17-13)10-6-4-3-5-7-10/h2-7,9H,1,8H2. The van der Waals surface area contributed by atoms with E-state index < -0.39 is 11.4 Å². The molecule has 21 heavy (non-hydrogen) atoms. The zero-order valence-electron chi connectivity index (χ0n) is 11.0. The highest BCUT2D eigenvalue weighted by Crippen LogP contribution is 2.15. The second-order valence-electron chi connectivity index (χ2n) is 4.35. The summed E-state index contributed by atoms with van der Waals surface area (Å²) in [6.45, 7) is 3.78. The Labute approximate surface area is 119 Å². The molecule has 0 saturated heterocycles. The van der Waals surface area contributed by atoms with Gasteiger partial charge in [-0.05, 0) is 0 Å². The Morgan fingerprint density at radius 3 is 2.71 bits per heavy atom. The Hall–Kier alpha value is -3.02. The summed E-state index contributed by atoms with van der Waals surface area (Å²) in [5.41, 5.74) is 0.296. The van der Waals surface area contributed by atoms with Crippen molar-refractivity contribution in [1.29, 1.82) is 0 Å². The fourth-order valence-electron chi connectivity index (χ4n) is 2.01. The molecule has 0 aliphatic carbocycles. The van der Waals surface area contributed by atoms with Crippen molar-refractivity contribution in [1.82, 2.24) is 14.5 Å². The van der Waals surface area contributed by atoms with Crippen molar-refractivity contribution in [2.45, 2.75) is 6.54 Å². The molecular formula is C15H11N3O3. The molecular weight excluding hydrogens is 270 g/mol. The van der Waals surface area contributed by atoms with Crippen LogP contribution in [0.25, 0.3) is 22.4 Å². The molecule has 2 heterocycles. The van der Waals surface area contributed by atoms with Crippen molar-refractivity contribution < 1.29 is 4.42 Å². The van der Waals surface area contributed by atoms with Gasteiger partial charge in [-0.1, -0.05) is 36.4 Å². The molecule has 2 aromatic heterocycles. The number of aromatic nitrogens is 3. The summed E-state index contributed by atoms with van der Waals surface area (Å²) in [4.78, 5) is 32.0. The maximum absolute atomic E-state index is 11.8. The molecule has 1 aromatic carbocycles. The van der Waals surface area contributed by atoms with E-state index in [0.717, 1.165) is 5.56 Å². The van der Waals surface area contributed by atoms with Crippen LogP contribution in [0.1, 0.15) is 0 Å². The maximum Gasteiger partial charge on any atom is 0.423 e. The molecule has 6 heteroatoms. The lowest BCUT2D eigenvalue weighted by Crippen LogP contribution is -2.25. The summed E-state index contributed by atoms with van der Waals surface area (Å²) < 4.78 is 5.89. The third kappa shape index (κ3) is 2.27. The van der Waals surface area contributed by atoms with Crippen LogP contribution >= 0.6 is 0 Å². The van der Waals surface area contributed by atoms with E-state index in [2.05, 4.69) is 21.0 Å². The number of benzene rings is 1. The molecule has 0 fully saturated rings. The molecule has 0 aliphatic heterocycles. The maximum atomic E-state index is 11.8. The fraction of sp³-hybridized carbons (Fsp3) is 0.0667. The van der Waals surface area contributed by atoms with Crippen LogP contribution in [0.5, 0.6) is 0 Å². The monoisotopic (exact) mass is 281 g/mol. The van der Waals surface area contributed by atoms with Gasteiger partial charge in [0.1, 0.15) is 5.39 Å². The van der Waals surface area contributed by atoms with Gasteiger partial charge in [-0.15, -0.1) is 6.58 Å². The number of nitrogens with zero attached hydrogens (tertiary/aromatic N) is 3. The lowest BCUT2D eigenvalue weighted by atomic mass is 10.2. The highest BCUT2D eigenvalue weighted by Gasteiger charge is 2.12. The molecule has 104 valence electrons. The van der Waals surface area contributed by atoms with Crippen LogP contribution in [0, 0.1) is 0 Å². The van der Waals surface area contributed by atoms with Crippen LogP contribution < -0.4 is 11.4 Å². The number of hydrogen-bond donors (Lipinski definition) is 0. The first-order valence-electron chi connectivity index (χ1n) is 6.27. The van der Waals surface area contributed by atoms with Gasteiger partial charge in [-0.3, -0.25) is 4.57 Å². The van der Waals surface area contributed by atoms with Gasteiger partial charge in [0.05, 0.1) is 0 Å². The predicted molar refractivity (Wildman–Crippen MR) is 78.0 cm³/mol. The van der Waals surface area contributed by atoms with Crippen molar-refractivity contribution in [3.63, 3.8) is 0 Å². The highest BCUT2D eigenvalue weighted by atomic mass is 16.4. The van der Waals surface area contributed by atoms with E-state index in [1.165, 1.54) is 16.8 Å². The summed E-state index contributed by atoms with van der Waals surface area (Å²) in [6, 6.07) is 9.30. The average molecular weight is 281 g/mol. The lowest BCUT2D eigenvalue weighted by molar-refractivity contribution is 0.424. The minimum absolute atomic E-state index is 0.163. The molecule has 0 amide bonds. The summed E-state index contributed by atoms with van der Waals surface area (Å²) >= 11 is 0. The smallest absolute Gasteiger partial charge is 0.372 e. The minimum atomic E-state index is -0.759. The second-order valence-corrected chi connectivity index (χ2v) is 4.35. The van der Waals surface area contributed by atoms with E-state index in [1.807, 2.05) is 30.3 Å². The lowest BCUT2D eigenvalue weighted by Gasteiger charge is -2.06. The summed E-state index contributed by atoms with van der Waals surface area (Å²) in [7, 11) is 0. The zero-order valence-corrected chi connectivity index (χ0v) is 11.0. The molecule has 3 rings (SSSR count). The van der Waals surface area contributed by atoms with E-state index in [9.17, 15) is 9.59 Å². The molecule has 0 spiro atoms. The van der Waals surface area contributed by atoms with Gasteiger partial charge in [0.15, 0.2) is 11.5 Å². The molecule has 0 unspecified atom stereocenters. The summed E-state index contributed by atoms with van der Waals surface area (Å²) in [5.74, 6) is -0.323. The topological polar surface area (TPSA) is 78.0 Å². The number of fused-ring (bicyclic) bond motifs is 1. The van der Waals surface area contributed by atoms with Crippen LogP contribution in [0.3, 0.4) is 0 Å². The third-order valence-electron chi connectivity index (χ3n) is 2.99. The van der Waals surface area contributed by atoms with Crippen LogP contribution in [-0.2, 0) is 6.54 Å². The molecule has 0 aliphatic rings. The molecule has 3 aromatic rings. The first-order chi connectivity index (χ1) is 10.2. The second kappa shape index (κ2) is 5.16. The van der Waals surface area contributed by atoms with Gasteiger partial charge in [-0.2, -0.15) is 0 Å². The molecule has 6 nitrogen and oxygen atoms in total. The predicted octanol–water partition coefficient (Wildman–Crippen LogP) is 1.60.